The summed E-state index contributed by atoms with van der Waals surface area (Å²) < 4.78 is 26.7. The highest BCUT2D eigenvalue weighted by atomic mass is 32.2. The molecule has 1 aliphatic heterocycles. The summed E-state index contributed by atoms with van der Waals surface area (Å²) in [5.74, 6) is 0.156. The summed E-state index contributed by atoms with van der Waals surface area (Å²) in [5, 5.41) is 0. The summed E-state index contributed by atoms with van der Waals surface area (Å²) in [6.07, 6.45) is 6.29. The standard InChI is InChI=1S/C15H22N2O2S/c1-2-5-14-6-8-15(9-7-14)16-20(18,19)13-12-17-10-3-4-11-17/h2,5-9,16H,3-4,10-13H2,1H3/b5-2+. The average Bonchev–Trinajstić information content (AvgIpc) is 2.92. The van der Waals surface area contributed by atoms with Gasteiger partial charge in [0.25, 0.3) is 0 Å². The molecule has 1 saturated heterocycles. The summed E-state index contributed by atoms with van der Waals surface area (Å²) in [7, 11) is -3.26. The first-order valence-electron chi connectivity index (χ1n) is 7.05. The minimum atomic E-state index is -3.26. The Kier molecular flexibility index (Phi) is 5.20. The number of sulfonamides is 1. The van der Waals surface area contributed by atoms with Gasteiger partial charge in [0.2, 0.25) is 10.0 Å². The van der Waals surface area contributed by atoms with Gasteiger partial charge in [-0.2, -0.15) is 0 Å². The van der Waals surface area contributed by atoms with Crippen LogP contribution in [-0.2, 0) is 10.0 Å². The Morgan fingerprint density at radius 1 is 1.20 bits per heavy atom. The first kappa shape index (κ1) is 15.1. The third kappa shape index (κ3) is 4.65. The van der Waals surface area contributed by atoms with E-state index in [0.29, 0.717) is 12.2 Å². The molecule has 1 aliphatic rings. The molecule has 110 valence electrons. The number of benzene rings is 1. The second kappa shape index (κ2) is 6.90. The van der Waals surface area contributed by atoms with Crippen molar-refractivity contribution in [3.8, 4) is 0 Å². The van der Waals surface area contributed by atoms with E-state index in [1.165, 1.54) is 12.8 Å². The fraction of sp³-hybridized carbons (Fsp3) is 0.467. The Labute approximate surface area is 121 Å². The van der Waals surface area contributed by atoms with Crippen molar-refractivity contribution in [2.45, 2.75) is 19.8 Å². The second-order valence-corrected chi connectivity index (χ2v) is 6.93. The SMILES string of the molecule is C/C=C/c1ccc(NS(=O)(=O)CCN2CCCC2)cc1. The maximum atomic E-state index is 12.0. The van der Waals surface area contributed by atoms with Crippen LogP contribution >= 0.6 is 0 Å². The lowest BCUT2D eigenvalue weighted by Crippen LogP contribution is -2.29. The monoisotopic (exact) mass is 294 g/mol. The molecule has 0 aromatic heterocycles. The van der Waals surface area contributed by atoms with Crippen molar-refractivity contribution >= 4 is 21.8 Å². The van der Waals surface area contributed by atoms with Gasteiger partial charge in [-0.3, -0.25) is 4.72 Å². The van der Waals surface area contributed by atoms with Crippen molar-refractivity contribution in [1.29, 1.82) is 0 Å². The van der Waals surface area contributed by atoms with Gasteiger partial charge >= 0.3 is 0 Å². The molecule has 0 spiro atoms. The first-order chi connectivity index (χ1) is 9.59. The lowest BCUT2D eigenvalue weighted by atomic mass is 10.2. The zero-order valence-electron chi connectivity index (χ0n) is 11.9. The smallest absolute Gasteiger partial charge is 0.233 e. The number of likely N-dealkylation sites (tertiary alicyclic amines) is 1. The summed E-state index contributed by atoms with van der Waals surface area (Å²) in [6.45, 7) is 4.61. The van der Waals surface area contributed by atoms with E-state index in [-0.39, 0.29) is 5.75 Å². The van der Waals surface area contributed by atoms with Crippen LogP contribution in [0.5, 0.6) is 0 Å². The molecule has 2 rings (SSSR count). The molecule has 1 fully saturated rings. The molecule has 0 radical (unpaired) electrons. The summed E-state index contributed by atoms with van der Waals surface area (Å²) in [6, 6.07) is 7.39. The summed E-state index contributed by atoms with van der Waals surface area (Å²) >= 11 is 0. The predicted molar refractivity (Wildman–Crippen MR) is 84.2 cm³/mol. The molecular weight excluding hydrogens is 272 g/mol. The molecule has 0 amide bonds. The summed E-state index contributed by atoms with van der Waals surface area (Å²) in [5.41, 5.74) is 1.69. The number of hydrogen-bond donors (Lipinski definition) is 1. The zero-order valence-corrected chi connectivity index (χ0v) is 12.7. The summed E-state index contributed by atoms with van der Waals surface area (Å²) in [4.78, 5) is 2.20. The van der Waals surface area contributed by atoms with Crippen LogP contribution in [-0.4, -0.2) is 38.7 Å². The number of rotatable bonds is 6. The molecule has 0 unspecified atom stereocenters. The minimum absolute atomic E-state index is 0.156. The predicted octanol–water partition coefficient (Wildman–Crippen LogP) is 2.56. The molecule has 0 atom stereocenters. The largest absolute Gasteiger partial charge is 0.302 e. The highest BCUT2D eigenvalue weighted by Crippen LogP contribution is 2.13. The van der Waals surface area contributed by atoms with Crippen molar-refractivity contribution in [1.82, 2.24) is 4.90 Å². The van der Waals surface area contributed by atoms with E-state index >= 15 is 0 Å². The molecule has 0 bridgehead atoms. The molecule has 20 heavy (non-hydrogen) atoms. The van der Waals surface area contributed by atoms with Crippen molar-refractivity contribution < 1.29 is 8.42 Å². The molecule has 0 aliphatic carbocycles. The topological polar surface area (TPSA) is 49.4 Å². The number of hydrogen-bond acceptors (Lipinski definition) is 3. The van der Waals surface area contributed by atoms with Gasteiger partial charge in [-0.15, -0.1) is 0 Å². The first-order valence-corrected chi connectivity index (χ1v) is 8.70. The van der Waals surface area contributed by atoms with Gasteiger partial charge in [0, 0.05) is 12.2 Å². The van der Waals surface area contributed by atoms with E-state index in [1.807, 2.05) is 31.2 Å². The van der Waals surface area contributed by atoms with E-state index in [1.54, 1.807) is 12.1 Å². The van der Waals surface area contributed by atoms with Crippen LogP contribution in [0.1, 0.15) is 25.3 Å². The highest BCUT2D eigenvalue weighted by Gasteiger charge is 2.16. The highest BCUT2D eigenvalue weighted by molar-refractivity contribution is 7.92. The Morgan fingerprint density at radius 2 is 1.85 bits per heavy atom. The lowest BCUT2D eigenvalue weighted by molar-refractivity contribution is 0.359. The third-order valence-corrected chi connectivity index (χ3v) is 4.68. The van der Waals surface area contributed by atoms with E-state index in [9.17, 15) is 8.42 Å². The third-order valence-electron chi connectivity index (χ3n) is 3.42. The number of anilines is 1. The molecule has 1 aromatic rings. The van der Waals surface area contributed by atoms with Crippen molar-refractivity contribution in [2.24, 2.45) is 0 Å². The van der Waals surface area contributed by atoms with Gasteiger partial charge in [0.1, 0.15) is 0 Å². The van der Waals surface area contributed by atoms with Crippen LogP contribution in [0.4, 0.5) is 5.69 Å². The number of nitrogens with one attached hydrogen (secondary N) is 1. The van der Waals surface area contributed by atoms with Crippen molar-refractivity contribution in [2.75, 3.05) is 30.1 Å². The zero-order chi connectivity index (χ0) is 14.4. The van der Waals surface area contributed by atoms with E-state index in [0.717, 1.165) is 18.7 Å². The van der Waals surface area contributed by atoms with Gasteiger partial charge in [-0.25, -0.2) is 8.42 Å². The fourth-order valence-electron chi connectivity index (χ4n) is 2.34. The van der Waals surface area contributed by atoms with Crippen molar-refractivity contribution in [3.63, 3.8) is 0 Å². The number of nitrogens with zero attached hydrogens (tertiary/aromatic N) is 1. The molecule has 1 N–H and O–H groups in total. The van der Waals surface area contributed by atoms with Gasteiger partial charge in [0.15, 0.2) is 0 Å². The Bertz CT molecular complexity index is 544. The second-order valence-electron chi connectivity index (χ2n) is 5.09. The lowest BCUT2D eigenvalue weighted by Gasteiger charge is -2.15. The molecule has 1 heterocycles. The molecule has 4 nitrogen and oxygen atoms in total. The van der Waals surface area contributed by atoms with Crippen LogP contribution in [0.25, 0.3) is 6.08 Å². The van der Waals surface area contributed by atoms with Gasteiger partial charge in [0.05, 0.1) is 5.75 Å². The number of allylic oxidation sites excluding steroid dienone is 1. The molecule has 5 heteroatoms. The van der Waals surface area contributed by atoms with Crippen LogP contribution in [0, 0.1) is 0 Å². The van der Waals surface area contributed by atoms with Gasteiger partial charge < -0.3 is 4.90 Å². The normalized spacial score (nSPS) is 16.9. The minimum Gasteiger partial charge on any atom is -0.302 e. The van der Waals surface area contributed by atoms with Crippen molar-refractivity contribution in [3.05, 3.63) is 35.9 Å². The van der Waals surface area contributed by atoms with Crippen LogP contribution in [0.3, 0.4) is 0 Å². The quantitative estimate of drug-likeness (QED) is 0.877. The van der Waals surface area contributed by atoms with Gasteiger partial charge in [-0.1, -0.05) is 24.3 Å². The van der Waals surface area contributed by atoms with Crippen LogP contribution in [0.15, 0.2) is 30.3 Å². The van der Waals surface area contributed by atoms with E-state index in [2.05, 4.69) is 9.62 Å². The van der Waals surface area contributed by atoms with E-state index < -0.39 is 10.0 Å². The maximum Gasteiger partial charge on any atom is 0.233 e. The fourth-order valence-corrected chi connectivity index (χ4v) is 3.44. The Balaban J connectivity index is 1.89. The molecule has 1 aromatic carbocycles. The molecular formula is C15H22N2O2S. The molecule has 0 saturated carbocycles. The van der Waals surface area contributed by atoms with Gasteiger partial charge in [-0.05, 0) is 50.6 Å². The maximum absolute atomic E-state index is 12.0. The Morgan fingerprint density at radius 3 is 2.45 bits per heavy atom. The average molecular weight is 294 g/mol. The van der Waals surface area contributed by atoms with E-state index in [4.69, 9.17) is 0 Å². The Hall–Kier alpha value is -1.33. The van der Waals surface area contributed by atoms with Crippen LogP contribution in [0.2, 0.25) is 0 Å². The van der Waals surface area contributed by atoms with Crippen LogP contribution < -0.4 is 4.72 Å².